The van der Waals surface area contributed by atoms with E-state index in [1.54, 1.807) is 0 Å². The number of halogens is 3. The first-order valence-corrected chi connectivity index (χ1v) is 3.27. The molecule has 10 heavy (non-hydrogen) atoms. The van der Waals surface area contributed by atoms with Gasteiger partial charge in [-0.05, 0) is 34.5 Å². The Morgan fingerprint density at radius 3 is 2.60 bits per heavy atom. The summed E-state index contributed by atoms with van der Waals surface area (Å²) in [5, 5.41) is 0. The molecule has 0 radical (unpaired) electrons. The quantitative estimate of drug-likeness (QED) is 0.620. The van der Waals surface area contributed by atoms with Crippen LogP contribution in [-0.4, -0.2) is 4.98 Å². The van der Waals surface area contributed by atoms with Gasteiger partial charge in [-0.3, -0.25) is 0 Å². The molecule has 0 spiro atoms. The molecule has 4 heteroatoms. The third-order valence-corrected chi connectivity index (χ3v) is 1.84. The Kier molecular flexibility index (Phi) is 3.83. The Morgan fingerprint density at radius 1 is 1.60 bits per heavy atom. The smallest absolute Gasteiger partial charge is 0.213 e. The van der Waals surface area contributed by atoms with Crippen molar-refractivity contribution in [2.75, 3.05) is 0 Å². The van der Waals surface area contributed by atoms with Crippen molar-refractivity contribution in [2.24, 2.45) is 0 Å². The molecule has 0 atom stereocenters. The van der Waals surface area contributed by atoms with E-state index in [1.165, 1.54) is 12.3 Å². The highest BCUT2D eigenvalue weighted by Crippen LogP contribution is 2.13. The van der Waals surface area contributed by atoms with Crippen molar-refractivity contribution in [1.29, 1.82) is 0 Å². The molecule has 0 amide bonds. The van der Waals surface area contributed by atoms with E-state index >= 15 is 0 Å². The average Bonchev–Trinajstić information content (AvgIpc) is 1.80. The molecule has 0 unspecified atom stereocenters. The Balaban J connectivity index is 0.000000810. The van der Waals surface area contributed by atoms with Crippen LogP contribution in [0.15, 0.2) is 16.7 Å². The van der Waals surface area contributed by atoms with Crippen LogP contribution in [0, 0.1) is 12.9 Å². The maximum absolute atomic E-state index is 12.2. The van der Waals surface area contributed by atoms with Crippen molar-refractivity contribution in [1.82, 2.24) is 4.98 Å². The van der Waals surface area contributed by atoms with Crippen LogP contribution in [0.5, 0.6) is 0 Å². The average molecular weight is 226 g/mol. The van der Waals surface area contributed by atoms with Gasteiger partial charge in [-0.25, -0.2) is 4.98 Å². The van der Waals surface area contributed by atoms with Crippen LogP contribution in [-0.2, 0) is 0 Å². The third-order valence-electron chi connectivity index (χ3n) is 1.01. The largest absolute Gasteiger partial charge is 0.227 e. The molecule has 1 heterocycles. The van der Waals surface area contributed by atoms with Crippen molar-refractivity contribution in [3.8, 4) is 0 Å². The number of nitrogens with zero attached hydrogens (tertiary/aromatic N) is 1. The molecule has 0 aliphatic heterocycles. The second-order valence-electron chi connectivity index (χ2n) is 1.76. The van der Waals surface area contributed by atoms with Gasteiger partial charge in [0.2, 0.25) is 5.95 Å². The van der Waals surface area contributed by atoms with Crippen molar-refractivity contribution in [3.05, 3.63) is 28.2 Å². The molecule has 1 aromatic rings. The molecule has 0 fully saturated rings. The zero-order valence-electron chi connectivity index (χ0n) is 5.27. The lowest BCUT2D eigenvalue weighted by atomic mass is 10.3. The summed E-state index contributed by atoms with van der Waals surface area (Å²) < 4.78 is 13.1. The van der Waals surface area contributed by atoms with Crippen LogP contribution in [0.4, 0.5) is 4.39 Å². The topological polar surface area (TPSA) is 12.9 Å². The van der Waals surface area contributed by atoms with Gasteiger partial charge in [0.25, 0.3) is 0 Å². The molecule has 0 N–H and O–H groups in total. The molecule has 1 aromatic heterocycles. The molecule has 56 valence electrons. The number of hydrogen-bond acceptors (Lipinski definition) is 1. The highest BCUT2D eigenvalue weighted by atomic mass is 79.9. The SMILES string of the molecule is Cc1cc(F)ncc1Br.Cl. The van der Waals surface area contributed by atoms with Gasteiger partial charge in [0.15, 0.2) is 0 Å². The maximum Gasteiger partial charge on any atom is 0.213 e. The van der Waals surface area contributed by atoms with E-state index in [1.807, 2.05) is 6.92 Å². The summed E-state index contributed by atoms with van der Waals surface area (Å²) in [7, 11) is 0. The highest BCUT2D eigenvalue weighted by Gasteiger charge is 1.94. The summed E-state index contributed by atoms with van der Waals surface area (Å²) in [5.41, 5.74) is 0.863. The van der Waals surface area contributed by atoms with E-state index < -0.39 is 5.95 Å². The first-order valence-electron chi connectivity index (χ1n) is 2.48. The van der Waals surface area contributed by atoms with Crippen molar-refractivity contribution in [2.45, 2.75) is 6.92 Å². The summed E-state index contributed by atoms with van der Waals surface area (Å²) in [6.07, 6.45) is 1.45. The zero-order chi connectivity index (χ0) is 6.85. The number of hydrogen-bond donors (Lipinski definition) is 0. The molecule has 0 saturated carbocycles. The number of aryl methyl sites for hydroxylation is 1. The van der Waals surface area contributed by atoms with Crippen molar-refractivity contribution in [3.63, 3.8) is 0 Å². The normalized spacial score (nSPS) is 8.70. The van der Waals surface area contributed by atoms with Crippen LogP contribution < -0.4 is 0 Å². The summed E-state index contributed by atoms with van der Waals surface area (Å²) in [6, 6.07) is 1.38. The Hall–Kier alpha value is -0.150. The van der Waals surface area contributed by atoms with Gasteiger partial charge in [0.05, 0.1) is 0 Å². The molecular weight excluding hydrogens is 220 g/mol. The first kappa shape index (κ1) is 9.85. The fraction of sp³-hybridized carbons (Fsp3) is 0.167. The van der Waals surface area contributed by atoms with Gasteiger partial charge in [0.1, 0.15) is 0 Å². The first-order chi connectivity index (χ1) is 4.20. The summed E-state index contributed by atoms with van der Waals surface area (Å²) in [5.74, 6) is -0.435. The zero-order valence-corrected chi connectivity index (χ0v) is 7.67. The van der Waals surface area contributed by atoms with Crippen LogP contribution in [0.3, 0.4) is 0 Å². The molecule has 0 aliphatic rings. The monoisotopic (exact) mass is 225 g/mol. The lowest BCUT2D eigenvalue weighted by molar-refractivity contribution is 0.582. The summed E-state index contributed by atoms with van der Waals surface area (Å²) in [6.45, 7) is 1.81. The lowest BCUT2D eigenvalue weighted by Crippen LogP contribution is -1.83. The van der Waals surface area contributed by atoms with Crippen LogP contribution in [0.25, 0.3) is 0 Å². The molecule has 0 bridgehead atoms. The molecule has 0 aromatic carbocycles. The fourth-order valence-electron chi connectivity index (χ4n) is 0.505. The predicted octanol–water partition coefficient (Wildman–Crippen LogP) is 2.71. The Bertz CT molecular complexity index is 229. The van der Waals surface area contributed by atoms with E-state index in [2.05, 4.69) is 20.9 Å². The van der Waals surface area contributed by atoms with Gasteiger partial charge < -0.3 is 0 Å². The number of pyridine rings is 1. The van der Waals surface area contributed by atoms with E-state index in [4.69, 9.17) is 0 Å². The van der Waals surface area contributed by atoms with Gasteiger partial charge in [-0.2, -0.15) is 4.39 Å². The lowest BCUT2D eigenvalue weighted by Gasteiger charge is -1.93. The molecule has 0 saturated heterocycles. The van der Waals surface area contributed by atoms with E-state index in [-0.39, 0.29) is 12.4 Å². The van der Waals surface area contributed by atoms with Gasteiger partial charge in [0, 0.05) is 10.7 Å². The number of rotatable bonds is 0. The molecular formula is C6H6BrClFN. The fourth-order valence-corrected chi connectivity index (χ4v) is 0.722. The predicted molar refractivity (Wildman–Crippen MR) is 43.9 cm³/mol. The molecule has 1 rings (SSSR count). The second-order valence-corrected chi connectivity index (χ2v) is 2.61. The van der Waals surface area contributed by atoms with Crippen molar-refractivity contribution >= 4 is 28.3 Å². The molecule has 0 aliphatic carbocycles. The standard InChI is InChI=1S/C6H5BrFN.ClH/c1-4-2-6(8)9-3-5(4)7;/h2-3H,1H3;1H. The Labute approximate surface area is 73.2 Å². The van der Waals surface area contributed by atoms with Gasteiger partial charge in [-0.15, -0.1) is 12.4 Å². The van der Waals surface area contributed by atoms with Crippen LogP contribution in [0.1, 0.15) is 5.56 Å². The van der Waals surface area contributed by atoms with Crippen molar-refractivity contribution < 1.29 is 4.39 Å². The third kappa shape index (κ3) is 2.23. The highest BCUT2D eigenvalue weighted by molar-refractivity contribution is 9.10. The van der Waals surface area contributed by atoms with E-state index in [0.717, 1.165) is 10.0 Å². The minimum Gasteiger partial charge on any atom is -0.227 e. The van der Waals surface area contributed by atoms with Crippen LogP contribution in [0.2, 0.25) is 0 Å². The minimum atomic E-state index is -0.435. The number of aromatic nitrogens is 1. The summed E-state index contributed by atoms with van der Waals surface area (Å²) >= 11 is 3.20. The summed E-state index contributed by atoms with van der Waals surface area (Å²) in [4.78, 5) is 3.43. The van der Waals surface area contributed by atoms with E-state index in [9.17, 15) is 4.39 Å². The minimum absolute atomic E-state index is 0. The second kappa shape index (κ2) is 3.88. The maximum atomic E-state index is 12.2. The van der Waals surface area contributed by atoms with E-state index in [0.29, 0.717) is 0 Å². The Morgan fingerprint density at radius 2 is 2.20 bits per heavy atom. The van der Waals surface area contributed by atoms with Gasteiger partial charge >= 0.3 is 0 Å². The van der Waals surface area contributed by atoms with Gasteiger partial charge in [-0.1, -0.05) is 0 Å². The molecule has 1 nitrogen and oxygen atoms in total. The van der Waals surface area contributed by atoms with Crippen LogP contribution >= 0.6 is 28.3 Å².